The van der Waals surface area contributed by atoms with E-state index in [4.69, 9.17) is 10.00 Å². The summed E-state index contributed by atoms with van der Waals surface area (Å²) in [6.45, 7) is 1.80. The number of aliphatic hydroxyl groups is 1. The minimum Gasteiger partial charge on any atom is -0.481 e. The lowest BCUT2D eigenvalue weighted by atomic mass is 10.0. The number of rotatable bonds is 2. The van der Waals surface area contributed by atoms with Gasteiger partial charge < -0.3 is 9.84 Å². The molecule has 0 saturated carbocycles. The third-order valence-corrected chi connectivity index (χ3v) is 2.85. The molecule has 0 spiro atoms. The van der Waals surface area contributed by atoms with Crippen LogP contribution < -0.4 is 0 Å². The number of hydrogen-bond acceptors (Lipinski definition) is 3. The second kappa shape index (κ2) is 4.93. The van der Waals surface area contributed by atoms with Crippen LogP contribution in [0.3, 0.4) is 0 Å². The Morgan fingerprint density at radius 1 is 1.35 bits per heavy atom. The molecule has 0 amide bonds. The van der Waals surface area contributed by atoms with Crippen molar-refractivity contribution in [1.82, 2.24) is 0 Å². The molecule has 0 heterocycles. The molecule has 1 aromatic carbocycles. The lowest BCUT2D eigenvalue weighted by Crippen LogP contribution is -2.06. The van der Waals surface area contributed by atoms with Crippen LogP contribution in [-0.4, -0.2) is 11.7 Å². The van der Waals surface area contributed by atoms with Gasteiger partial charge in [0.2, 0.25) is 0 Å². The highest BCUT2D eigenvalue weighted by Crippen LogP contribution is 2.40. The van der Waals surface area contributed by atoms with Crippen molar-refractivity contribution in [2.24, 2.45) is 0 Å². The number of fused-ring (bicyclic) bond motifs is 1. The highest BCUT2D eigenvalue weighted by atomic mass is 19.4. The van der Waals surface area contributed by atoms with E-state index < -0.39 is 17.7 Å². The number of ether oxygens (including phenoxy) is 1. The van der Waals surface area contributed by atoms with E-state index in [-0.39, 0.29) is 23.3 Å². The predicted molar refractivity (Wildman–Crippen MR) is 66.2 cm³/mol. The molecule has 1 aromatic rings. The Morgan fingerprint density at radius 3 is 2.60 bits per heavy atom. The van der Waals surface area contributed by atoms with E-state index in [0.29, 0.717) is 5.56 Å². The van der Waals surface area contributed by atoms with E-state index in [0.717, 1.165) is 12.1 Å². The topological polar surface area (TPSA) is 53.2 Å². The lowest BCUT2D eigenvalue weighted by molar-refractivity contribution is -0.137. The first-order valence-corrected chi connectivity index (χ1v) is 5.78. The number of halogens is 3. The van der Waals surface area contributed by atoms with Gasteiger partial charge in [0.15, 0.2) is 0 Å². The van der Waals surface area contributed by atoms with Gasteiger partial charge in [-0.15, -0.1) is 0 Å². The lowest BCUT2D eigenvalue weighted by Gasteiger charge is -2.10. The predicted octanol–water partition coefficient (Wildman–Crippen LogP) is 3.89. The normalized spacial score (nSPS) is 16.2. The number of aliphatic hydroxyl groups excluding tert-OH is 1. The van der Waals surface area contributed by atoms with Crippen molar-refractivity contribution in [2.45, 2.75) is 13.1 Å². The minimum absolute atomic E-state index is 0.0875. The zero-order valence-corrected chi connectivity index (χ0v) is 10.5. The maximum atomic E-state index is 12.7. The first-order valence-electron chi connectivity index (χ1n) is 5.78. The van der Waals surface area contributed by atoms with Gasteiger partial charge >= 0.3 is 6.18 Å². The number of hydrogen-bond donors (Lipinski definition) is 1. The summed E-state index contributed by atoms with van der Waals surface area (Å²) in [6, 6.07) is 4.92. The Labute approximate surface area is 113 Å². The minimum atomic E-state index is -4.49. The molecule has 0 unspecified atom stereocenters. The summed E-state index contributed by atoms with van der Waals surface area (Å²) in [6.07, 6.45) is -3.17. The summed E-state index contributed by atoms with van der Waals surface area (Å²) in [5.41, 5.74) is -0.0748. The van der Waals surface area contributed by atoms with Crippen molar-refractivity contribution >= 4 is 11.1 Å². The average Bonchev–Trinajstić information content (AvgIpc) is 2.75. The summed E-state index contributed by atoms with van der Waals surface area (Å²) in [7, 11) is 0. The van der Waals surface area contributed by atoms with E-state index >= 15 is 0 Å². The van der Waals surface area contributed by atoms with Crippen LogP contribution in [0.15, 0.2) is 30.2 Å². The fourth-order valence-corrected chi connectivity index (χ4v) is 1.96. The van der Waals surface area contributed by atoms with Gasteiger partial charge in [-0.1, -0.05) is 6.07 Å². The zero-order chi connectivity index (χ0) is 14.9. The Hall–Kier alpha value is -2.42. The molecule has 3 nitrogen and oxygen atoms in total. The first kappa shape index (κ1) is 14.0. The molecular formula is C14H10F3NO2. The fraction of sp³-hybridized carbons (Fsp3) is 0.214. The highest BCUT2D eigenvalue weighted by Gasteiger charge is 2.33. The van der Waals surface area contributed by atoms with Crippen LogP contribution in [0.5, 0.6) is 0 Å². The van der Waals surface area contributed by atoms with Gasteiger partial charge in [0.1, 0.15) is 0 Å². The molecular weight excluding hydrogens is 271 g/mol. The maximum absolute atomic E-state index is 12.7. The van der Waals surface area contributed by atoms with Crippen molar-refractivity contribution in [1.29, 1.82) is 5.26 Å². The van der Waals surface area contributed by atoms with Crippen LogP contribution >= 0.6 is 0 Å². The summed E-state index contributed by atoms with van der Waals surface area (Å²) >= 11 is 0. The van der Waals surface area contributed by atoms with Gasteiger partial charge in [0.25, 0.3) is 5.95 Å². The van der Waals surface area contributed by atoms with Crippen LogP contribution in [0.4, 0.5) is 13.2 Å². The molecule has 20 heavy (non-hydrogen) atoms. The average molecular weight is 281 g/mol. The molecule has 0 bridgehead atoms. The van der Waals surface area contributed by atoms with Crippen molar-refractivity contribution in [3.8, 4) is 6.07 Å². The summed E-state index contributed by atoms with van der Waals surface area (Å²) < 4.78 is 43.1. The largest absolute Gasteiger partial charge is 0.481 e. The van der Waals surface area contributed by atoms with E-state index in [2.05, 4.69) is 0 Å². The Morgan fingerprint density at radius 2 is 2.05 bits per heavy atom. The number of nitriles is 1. The fourth-order valence-electron chi connectivity index (χ4n) is 1.96. The summed E-state index contributed by atoms with van der Waals surface area (Å²) in [4.78, 5) is 0. The van der Waals surface area contributed by atoms with Gasteiger partial charge in [0.05, 0.1) is 29.4 Å². The van der Waals surface area contributed by atoms with Crippen molar-refractivity contribution in [3.63, 3.8) is 0 Å². The Bertz CT molecular complexity index is 651. The Balaban J connectivity index is 2.62. The standard InChI is InChI=1S/C14H10F3NO2/c1-2-20-13(19)12-5-8(7-18)10-4-3-9(6-11(10)12)14(15,16)17/h3-6,19H,2H2,1H3/b13-12+. The van der Waals surface area contributed by atoms with Crippen molar-refractivity contribution in [2.75, 3.05) is 6.61 Å². The molecule has 0 fully saturated rings. The third kappa shape index (κ3) is 2.35. The molecule has 0 aromatic heterocycles. The smallest absolute Gasteiger partial charge is 0.416 e. The van der Waals surface area contributed by atoms with Gasteiger partial charge in [0, 0.05) is 5.56 Å². The molecule has 6 heteroatoms. The van der Waals surface area contributed by atoms with E-state index in [1.54, 1.807) is 6.92 Å². The van der Waals surface area contributed by atoms with Crippen LogP contribution in [0.2, 0.25) is 0 Å². The molecule has 0 aliphatic heterocycles. The third-order valence-electron chi connectivity index (χ3n) is 2.85. The number of alkyl halides is 3. The monoisotopic (exact) mass is 281 g/mol. The molecule has 1 aliphatic rings. The number of nitrogens with zero attached hydrogens (tertiary/aromatic N) is 1. The van der Waals surface area contributed by atoms with Crippen LogP contribution in [0, 0.1) is 11.3 Å². The summed E-state index contributed by atoms with van der Waals surface area (Å²) in [5, 5.41) is 18.7. The SMILES string of the molecule is CCO/C(O)=C1\C=C(C#N)c2ccc(C(F)(F)F)cc21. The van der Waals surface area contributed by atoms with E-state index in [1.807, 2.05) is 6.07 Å². The van der Waals surface area contributed by atoms with E-state index in [1.165, 1.54) is 12.1 Å². The van der Waals surface area contributed by atoms with Crippen LogP contribution in [0.25, 0.3) is 11.1 Å². The van der Waals surface area contributed by atoms with Gasteiger partial charge in [-0.2, -0.15) is 18.4 Å². The van der Waals surface area contributed by atoms with Gasteiger partial charge in [-0.05, 0) is 30.7 Å². The molecule has 0 radical (unpaired) electrons. The van der Waals surface area contributed by atoms with Gasteiger partial charge in [-0.3, -0.25) is 0 Å². The first-order chi connectivity index (χ1) is 9.38. The molecule has 1 aliphatic carbocycles. The molecule has 0 saturated heterocycles. The molecule has 0 atom stereocenters. The van der Waals surface area contributed by atoms with Crippen molar-refractivity contribution in [3.05, 3.63) is 46.9 Å². The van der Waals surface area contributed by atoms with Gasteiger partial charge in [-0.25, -0.2) is 0 Å². The second-order valence-electron chi connectivity index (χ2n) is 4.08. The molecule has 1 N–H and O–H groups in total. The number of allylic oxidation sites excluding steroid dienone is 3. The molecule has 2 rings (SSSR count). The Kier molecular flexibility index (Phi) is 3.45. The molecule has 104 valence electrons. The second-order valence-corrected chi connectivity index (χ2v) is 4.08. The van der Waals surface area contributed by atoms with E-state index in [9.17, 15) is 18.3 Å². The highest BCUT2D eigenvalue weighted by molar-refractivity contribution is 6.00. The number of benzene rings is 1. The summed E-state index contributed by atoms with van der Waals surface area (Å²) in [5.74, 6) is -0.488. The van der Waals surface area contributed by atoms with Crippen molar-refractivity contribution < 1.29 is 23.0 Å². The quantitative estimate of drug-likeness (QED) is 0.837. The maximum Gasteiger partial charge on any atom is 0.416 e. The van der Waals surface area contributed by atoms with Crippen LogP contribution in [0.1, 0.15) is 23.6 Å². The zero-order valence-electron chi connectivity index (χ0n) is 10.5. The van der Waals surface area contributed by atoms with Crippen LogP contribution in [-0.2, 0) is 10.9 Å².